The molecule has 2 unspecified atom stereocenters. The Bertz CT molecular complexity index is 1020. The van der Waals surface area contributed by atoms with Crippen molar-refractivity contribution in [2.45, 2.75) is 45.3 Å². The minimum absolute atomic E-state index is 0.0258. The van der Waals surface area contributed by atoms with Gasteiger partial charge in [0.05, 0.1) is 12.6 Å². The molecule has 32 heavy (non-hydrogen) atoms. The minimum Gasteiger partial charge on any atom is -0.325 e. The van der Waals surface area contributed by atoms with E-state index in [1.807, 2.05) is 32.0 Å². The highest BCUT2D eigenvalue weighted by atomic mass is 19.1. The van der Waals surface area contributed by atoms with Gasteiger partial charge in [0.2, 0.25) is 11.8 Å². The first-order valence-corrected chi connectivity index (χ1v) is 10.8. The first-order valence-electron chi connectivity index (χ1n) is 10.8. The third kappa shape index (κ3) is 4.65. The van der Waals surface area contributed by atoms with Gasteiger partial charge >= 0.3 is 6.03 Å². The lowest BCUT2D eigenvalue weighted by Gasteiger charge is -2.46. The van der Waals surface area contributed by atoms with E-state index in [9.17, 15) is 18.8 Å². The number of aryl methyl sites for hydroxylation is 2. The molecule has 2 heterocycles. The van der Waals surface area contributed by atoms with Crippen LogP contribution in [0.5, 0.6) is 0 Å². The van der Waals surface area contributed by atoms with Crippen LogP contribution in [0.25, 0.3) is 0 Å². The summed E-state index contributed by atoms with van der Waals surface area (Å²) >= 11 is 0. The lowest BCUT2D eigenvalue weighted by atomic mass is 9.93. The van der Waals surface area contributed by atoms with Crippen LogP contribution in [-0.2, 0) is 16.1 Å². The molecule has 0 radical (unpaired) electrons. The number of urea groups is 1. The third-order valence-corrected chi connectivity index (χ3v) is 5.91. The Balaban J connectivity index is 1.54. The van der Waals surface area contributed by atoms with Gasteiger partial charge in [-0.2, -0.15) is 0 Å². The highest BCUT2D eigenvalue weighted by Gasteiger charge is 2.47. The van der Waals surface area contributed by atoms with Crippen LogP contribution in [0.15, 0.2) is 42.5 Å². The molecule has 2 aliphatic heterocycles. The summed E-state index contributed by atoms with van der Waals surface area (Å²) < 4.78 is 13.3. The molecule has 0 bridgehead atoms. The summed E-state index contributed by atoms with van der Waals surface area (Å²) in [5.74, 6) is -1.01. The number of hydrogen-bond acceptors (Lipinski definition) is 4. The number of anilines is 1. The molecule has 0 saturated carbocycles. The average molecular weight is 439 g/mol. The number of benzene rings is 2. The predicted octanol–water partition coefficient (Wildman–Crippen LogP) is 2.97. The predicted molar refractivity (Wildman–Crippen MR) is 118 cm³/mol. The molecule has 4 amide bonds. The van der Waals surface area contributed by atoms with Gasteiger partial charge in [0.25, 0.3) is 0 Å². The maximum Gasteiger partial charge on any atom is 0.327 e. The molecule has 168 valence electrons. The van der Waals surface area contributed by atoms with Crippen molar-refractivity contribution in [1.29, 1.82) is 0 Å². The topological polar surface area (TPSA) is 81.8 Å². The summed E-state index contributed by atoms with van der Waals surface area (Å²) in [5.41, 5.74) is 3.38. The van der Waals surface area contributed by atoms with E-state index < -0.39 is 12.1 Å². The van der Waals surface area contributed by atoms with E-state index in [2.05, 4.69) is 10.6 Å². The quantitative estimate of drug-likeness (QED) is 0.752. The number of imide groups is 1. The summed E-state index contributed by atoms with van der Waals surface area (Å²) in [4.78, 5) is 41.9. The van der Waals surface area contributed by atoms with E-state index in [1.165, 1.54) is 17.0 Å². The summed E-state index contributed by atoms with van der Waals surface area (Å²) in [6.45, 7) is 4.45. The van der Waals surface area contributed by atoms with Gasteiger partial charge < -0.3 is 15.5 Å². The molecule has 0 aromatic heterocycles. The van der Waals surface area contributed by atoms with Crippen LogP contribution in [0.3, 0.4) is 0 Å². The first-order chi connectivity index (χ1) is 15.3. The summed E-state index contributed by atoms with van der Waals surface area (Å²) in [7, 11) is 0. The van der Waals surface area contributed by atoms with E-state index in [4.69, 9.17) is 0 Å². The van der Waals surface area contributed by atoms with Crippen LogP contribution < -0.4 is 10.6 Å². The molecule has 4 rings (SSSR count). The van der Waals surface area contributed by atoms with Gasteiger partial charge in [-0.15, -0.1) is 0 Å². The Hall–Kier alpha value is -3.26. The lowest BCUT2D eigenvalue weighted by molar-refractivity contribution is -0.138. The number of piperidine rings is 1. The number of nitrogens with one attached hydrogen (secondary N) is 2. The highest BCUT2D eigenvalue weighted by molar-refractivity contribution is 6.02. The molecule has 2 atom stereocenters. The summed E-state index contributed by atoms with van der Waals surface area (Å²) in [5, 5.41) is 6.08. The second-order valence-corrected chi connectivity index (χ2v) is 8.53. The van der Waals surface area contributed by atoms with Crippen molar-refractivity contribution in [3.05, 3.63) is 65.0 Å². The van der Waals surface area contributed by atoms with E-state index >= 15 is 0 Å². The smallest absolute Gasteiger partial charge is 0.325 e. The molecular formula is C24H27FN4O3. The second-order valence-electron chi connectivity index (χ2n) is 8.53. The highest BCUT2D eigenvalue weighted by Crippen LogP contribution is 2.26. The number of amides is 4. The van der Waals surface area contributed by atoms with Gasteiger partial charge in [0.15, 0.2) is 0 Å². The molecule has 7 nitrogen and oxygen atoms in total. The van der Waals surface area contributed by atoms with Crippen molar-refractivity contribution >= 4 is 23.5 Å². The van der Waals surface area contributed by atoms with Gasteiger partial charge in [-0.3, -0.25) is 14.5 Å². The van der Waals surface area contributed by atoms with Crippen LogP contribution >= 0.6 is 0 Å². The fourth-order valence-corrected chi connectivity index (χ4v) is 4.52. The molecule has 2 aromatic carbocycles. The number of carbonyl (C=O) groups excluding carboxylic acids is 3. The molecule has 2 aromatic rings. The van der Waals surface area contributed by atoms with E-state index in [-0.39, 0.29) is 36.8 Å². The number of halogens is 1. The molecule has 8 heteroatoms. The Morgan fingerprint density at radius 3 is 2.50 bits per heavy atom. The Labute approximate surface area is 186 Å². The van der Waals surface area contributed by atoms with Gasteiger partial charge in [0.1, 0.15) is 18.4 Å². The van der Waals surface area contributed by atoms with E-state index in [0.717, 1.165) is 22.4 Å². The number of hydrogen-bond donors (Lipinski definition) is 2. The molecule has 2 saturated heterocycles. The normalized spacial score (nSPS) is 20.8. The van der Waals surface area contributed by atoms with Crippen LogP contribution in [0, 0.1) is 19.7 Å². The van der Waals surface area contributed by atoms with E-state index in [1.54, 1.807) is 12.1 Å². The van der Waals surface area contributed by atoms with Gasteiger partial charge in [-0.25, -0.2) is 9.18 Å². The SMILES string of the molecule is Cc1cc(C)cc(NC(=O)CN2C(=O)N(Cc3ccc(F)cc3)C(=O)C3NCCCC32)c1. The van der Waals surface area contributed by atoms with Crippen molar-refractivity contribution in [1.82, 2.24) is 15.1 Å². The standard InChI is InChI=1S/C24H27FN4O3/c1-15-10-16(2)12-19(11-15)27-21(30)14-28-20-4-3-9-26-22(20)23(31)29(24(28)32)13-17-5-7-18(25)8-6-17/h5-8,10-12,20,22,26H,3-4,9,13-14H2,1-2H3,(H,27,30). The zero-order valence-electron chi connectivity index (χ0n) is 18.2. The molecule has 2 aliphatic rings. The van der Waals surface area contributed by atoms with Crippen molar-refractivity contribution in [2.24, 2.45) is 0 Å². The summed E-state index contributed by atoms with van der Waals surface area (Å²) in [6, 6.07) is 10.0. The van der Waals surface area contributed by atoms with Gasteiger partial charge in [0, 0.05) is 5.69 Å². The number of carbonyl (C=O) groups is 3. The summed E-state index contributed by atoms with van der Waals surface area (Å²) in [6.07, 6.45) is 1.46. The molecule has 2 fully saturated rings. The molecule has 0 spiro atoms. The third-order valence-electron chi connectivity index (χ3n) is 5.91. The van der Waals surface area contributed by atoms with Crippen molar-refractivity contribution in [2.75, 3.05) is 18.4 Å². The number of rotatable bonds is 5. The van der Waals surface area contributed by atoms with Gasteiger partial charge in [-0.05, 0) is 74.2 Å². The van der Waals surface area contributed by atoms with Crippen molar-refractivity contribution in [3.63, 3.8) is 0 Å². The largest absolute Gasteiger partial charge is 0.327 e. The zero-order chi connectivity index (χ0) is 22.8. The maximum absolute atomic E-state index is 13.3. The lowest BCUT2D eigenvalue weighted by Crippen LogP contribution is -2.70. The average Bonchev–Trinajstić information content (AvgIpc) is 2.75. The molecule has 2 N–H and O–H groups in total. The molecule has 0 aliphatic carbocycles. The monoisotopic (exact) mass is 438 g/mol. The van der Waals surface area contributed by atoms with Crippen molar-refractivity contribution < 1.29 is 18.8 Å². The fraction of sp³-hybridized carbons (Fsp3) is 0.375. The molecular weight excluding hydrogens is 411 g/mol. The number of fused-ring (bicyclic) bond motifs is 1. The van der Waals surface area contributed by atoms with Crippen LogP contribution in [-0.4, -0.2) is 52.8 Å². The van der Waals surface area contributed by atoms with Crippen LogP contribution in [0.4, 0.5) is 14.9 Å². The van der Waals surface area contributed by atoms with Crippen LogP contribution in [0.1, 0.15) is 29.5 Å². The minimum atomic E-state index is -0.559. The van der Waals surface area contributed by atoms with Crippen LogP contribution in [0.2, 0.25) is 0 Å². The zero-order valence-corrected chi connectivity index (χ0v) is 18.2. The fourth-order valence-electron chi connectivity index (χ4n) is 4.52. The van der Waals surface area contributed by atoms with E-state index in [0.29, 0.717) is 24.2 Å². The number of nitrogens with zero attached hydrogens (tertiary/aromatic N) is 2. The van der Waals surface area contributed by atoms with Gasteiger partial charge in [-0.1, -0.05) is 18.2 Å². The Morgan fingerprint density at radius 2 is 1.81 bits per heavy atom. The maximum atomic E-state index is 13.3. The van der Waals surface area contributed by atoms with Crippen molar-refractivity contribution in [3.8, 4) is 0 Å². The Morgan fingerprint density at radius 1 is 1.12 bits per heavy atom. The first kappa shape index (κ1) is 22.0. The second kappa shape index (κ2) is 9.08. The Kier molecular flexibility index (Phi) is 6.23.